The minimum atomic E-state index is -0.557. The van der Waals surface area contributed by atoms with Crippen molar-refractivity contribution in [1.29, 1.82) is 5.26 Å². The van der Waals surface area contributed by atoms with E-state index in [9.17, 15) is 19.6 Å². The van der Waals surface area contributed by atoms with Gasteiger partial charge in [-0.1, -0.05) is 6.07 Å². The lowest BCUT2D eigenvalue weighted by Gasteiger charge is -2.29. The van der Waals surface area contributed by atoms with E-state index in [0.717, 1.165) is 26.5 Å². The van der Waals surface area contributed by atoms with Crippen LogP contribution in [0.4, 0.5) is 10.2 Å². The zero-order valence-electron chi connectivity index (χ0n) is 18.0. The Morgan fingerprint density at radius 2 is 2.09 bits per heavy atom. The van der Waals surface area contributed by atoms with Crippen LogP contribution in [-0.4, -0.2) is 57.2 Å². The molecule has 1 fully saturated rings. The predicted molar refractivity (Wildman–Crippen MR) is 118 cm³/mol. The fourth-order valence-corrected chi connectivity index (χ4v) is 4.18. The van der Waals surface area contributed by atoms with Crippen LogP contribution in [0.1, 0.15) is 34.5 Å². The number of benzene rings is 1. The number of halogens is 1. The van der Waals surface area contributed by atoms with Gasteiger partial charge in [-0.05, 0) is 31.0 Å². The van der Waals surface area contributed by atoms with Gasteiger partial charge < -0.3 is 20.4 Å². The molecule has 0 aliphatic carbocycles. The maximum atomic E-state index is 14.6. The summed E-state index contributed by atoms with van der Waals surface area (Å²) in [6.07, 6.45) is 2.97. The van der Waals surface area contributed by atoms with Crippen molar-refractivity contribution in [3.8, 4) is 23.0 Å². The second kappa shape index (κ2) is 9.36. The number of carbonyl (C=O) groups excluding carboxylic acids is 1. The van der Waals surface area contributed by atoms with Crippen LogP contribution >= 0.6 is 0 Å². The molecule has 0 saturated carbocycles. The molecule has 2 aromatic heterocycles. The van der Waals surface area contributed by atoms with E-state index in [0.29, 0.717) is 29.3 Å². The number of carbonyl (C=O) groups is 1. The molecule has 0 spiro atoms. The number of amides is 1. The summed E-state index contributed by atoms with van der Waals surface area (Å²) in [4.78, 5) is 19.0. The molecule has 170 valence electrons. The van der Waals surface area contributed by atoms with Gasteiger partial charge in [-0.15, -0.1) is 0 Å². The highest BCUT2D eigenvalue weighted by atomic mass is 19.1. The van der Waals surface area contributed by atoms with Crippen LogP contribution in [0.15, 0.2) is 36.5 Å². The maximum Gasteiger partial charge on any atom is 0.255 e. The van der Waals surface area contributed by atoms with Gasteiger partial charge in [0.15, 0.2) is 5.82 Å². The third-order valence-electron chi connectivity index (χ3n) is 5.65. The zero-order chi connectivity index (χ0) is 23.5. The van der Waals surface area contributed by atoms with Crippen LogP contribution in [0.3, 0.4) is 0 Å². The maximum absolute atomic E-state index is 14.6. The van der Waals surface area contributed by atoms with Crippen molar-refractivity contribution in [3.05, 3.63) is 59.2 Å². The largest absolute Gasteiger partial charge is 0.400 e. The molecule has 10 heteroatoms. The fraction of sp³-hybridized carbons (Fsp3) is 0.304. The molecule has 2 aliphatic heterocycles. The number of hydrogen-bond acceptors (Lipinski definition) is 7. The van der Waals surface area contributed by atoms with E-state index in [1.165, 1.54) is 18.2 Å². The second-order valence-corrected chi connectivity index (χ2v) is 7.67. The summed E-state index contributed by atoms with van der Waals surface area (Å²) in [5, 5.41) is 33.8. The van der Waals surface area contributed by atoms with E-state index in [1.807, 2.05) is 17.0 Å². The minimum absolute atomic E-state index is 0.0972. The van der Waals surface area contributed by atoms with E-state index < -0.39 is 11.9 Å². The van der Waals surface area contributed by atoms with Gasteiger partial charge in [-0.25, -0.2) is 14.1 Å². The summed E-state index contributed by atoms with van der Waals surface area (Å²) >= 11 is 0. The van der Waals surface area contributed by atoms with E-state index in [4.69, 9.17) is 5.11 Å². The van der Waals surface area contributed by atoms with E-state index in [2.05, 4.69) is 15.4 Å². The first-order valence-electron chi connectivity index (χ1n) is 10.5. The third kappa shape index (κ3) is 4.16. The molecule has 33 heavy (non-hydrogen) atoms. The van der Waals surface area contributed by atoms with Crippen LogP contribution in [-0.2, 0) is 6.54 Å². The molecule has 4 heterocycles. The Morgan fingerprint density at radius 1 is 1.27 bits per heavy atom. The van der Waals surface area contributed by atoms with Crippen molar-refractivity contribution < 1.29 is 19.4 Å². The van der Waals surface area contributed by atoms with Gasteiger partial charge in [0.25, 0.3) is 5.91 Å². The Bertz CT molecular complexity index is 1240. The molecule has 2 aliphatic rings. The number of aliphatic hydroxyl groups is 2. The number of β-amino-alcohol motifs (C(OH)–C–C–N with tert-alkyl or cyclic N) is 1. The normalized spacial score (nSPS) is 17.0. The fourth-order valence-electron chi connectivity index (χ4n) is 4.18. The van der Waals surface area contributed by atoms with Gasteiger partial charge in [0.2, 0.25) is 0 Å². The molecule has 9 nitrogen and oxygen atoms in total. The molecule has 0 bridgehead atoms. The number of anilines is 1. The molecule has 1 unspecified atom stereocenters. The highest BCUT2D eigenvalue weighted by Gasteiger charge is 2.28. The summed E-state index contributed by atoms with van der Waals surface area (Å²) < 4.78 is 16.2. The summed E-state index contributed by atoms with van der Waals surface area (Å²) in [6.45, 7) is 1.50. The molecule has 1 atom stereocenters. The minimum Gasteiger partial charge on any atom is -0.400 e. The molecule has 0 radical (unpaired) electrons. The highest BCUT2D eigenvalue weighted by molar-refractivity contribution is 6.01. The van der Waals surface area contributed by atoms with Gasteiger partial charge >= 0.3 is 0 Å². The molecule has 5 rings (SSSR count). The SMILES string of the molecule is CO.N#Cc1cccc(F)c1-c1cc(-n2ccc(N3CCCC(O)C3)n2)c2c(n1)CNC2=O. The molecule has 3 aromatic rings. The van der Waals surface area contributed by atoms with E-state index in [1.54, 1.807) is 16.9 Å². The first-order chi connectivity index (χ1) is 16.0. The van der Waals surface area contributed by atoms with Crippen LogP contribution in [0.25, 0.3) is 16.9 Å². The predicted octanol–water partition coefficient (Wildman–Crippen LogP) is 1.76. The standard InChI is InChI=1S/C22H19FN6O2.CH4O/c23-15-5-1-3-13(10-24)20(15)16-9-18(21-17(26-16)11-25-22(21)31)29-8-6-19(27-29)28-7-2-4-14(30)12-28;1-2/h1,3,5-6,8-9,14,30H,2,4,7,11-12H2,(H,25,31);2H,1H3. The Balaban J connectivity index is 0.00000126. The monoisotopic (exact) mass is 450 g/mol. The smallest absolute Gasteiger partial charge is 0.255 e. The van der Waals surface area contributed by atoms with Crippen molar-refractivity contribution >= 4 is 11.7 Å². The molecule has 3 N–H and O–H groups in total. The number of nitrogens with one attached hydrogen (secondary N) is 1. The Morgan fingerprint density at radius 3 is 2.85 bits per heavy atom. The van der Waals surface area contributed by atoms with Gasteiger partial charge in [0.1, 0.15) is 5.82 Å². The number of rotatable bonds is 3. The van der Waals surface area contributed by atoms with Gasteiger partial charge in [0, 0.05) is 32.5 Å². The number of fused-ring (bicyclic) bond motifs is 1. The zero-order valence-corrected chi connectivity index (χ0v) is 18.0. The van der Waals surface area contributed by atoms with Gasteiger partial charge in [0.05, 0.1) is 52.5 Å². The molecular formula is C23H23FN6O3. The molecule has 1 amide bonds. The topological polar surface area (TPSA) is 127 Å². The number of aliphatic hydroxyl groups excluding tert-OH is 2. The lowest BCUT2D eigenvalue weighted by molar-refractivity contribution is 0.0965. The van der Waals surface area contributed by atoms with Crippen LogP contribution < -0.4 is 10.2 Å². The number of piperidine rings is 1. The lowest BCUT2D eigenvalue weighted by atomic mass is 10.0. The van der Waals surface area contributed by atoms with Gasteiger partial charge in [-0.2, -0.15) is 10.4 Å². The number of nitrogens with zero attached hydrogens (tertiary/aromatic N) is 5. The van der Waals surface area contributed by atoms with Crippen molar-refractivity contribution in [2.75, 3.05) is 25.1 Å². The molecule has 1 aromatic carbocycles. The first kappa shape index (κ1) is 22.4. The lowest BCUT2D eigenvalue weighted by Crippen LogP contribution is -2.38. The summed E-state index contributed by atoms with van der Waals surface area (Å²) in [5.74, 6) is -0.144. The average molecular weight is 450 g/mol. The Kier molecular flexibility index (Phi) is 6.35. The van der Waals surface area contributed by atoms with Crippen molar-refractivity contribution in [1.82, 2.24) is 20.1 Å². The van der Waals surface area contributed by atoms with Crippen LogP contribution in [0, 0.1) is 17.1 Å². The summed E-state index contributed by atoms with van der Waals surface area (Å²) in [6, 6.07) is 9.70. The molecule has 1 saturated heterocycles. The van der Waals surface area contributed by atoms with E-state index >= 15 is 0 Å². The number of pyridine rings is 1. The van der Waals surface area contributed by atoms with Crippen molar-refractivity contribution in [3.63, 3.8) is 0 Å². The Hall–Kier alpha value is -3.81. The first-order valence-corrected chi connectivity index (χ1v) is 10.5. The Labute approximate surface area is 189 Å². The van der Waals surface area contributed by atoms with Crippen LogP contribution in [0.5, 0.6) is 0 Å². The highest BCUT2D eigenvalue weighted by Crippen LogP contribution is 2.31. The quantitative estimate of drug-likeness (QED) is 0.555. The number of nitriles is 1. The average Bonchev–Trinajstić information content (AvgIpc) is 3.47. The number of aromatic nitrogens is 3. The van der Waals surface area contributed by atoms with Crippen LogP contribution in [0.2, 0.25) is 0 Å². The third-order valence-corrected chi connectivity index (χ3v) is 5.65. The van der Waals surface area contributed by atoms with Gasteiger partial charge in [-0.3, -0.25) is 4.79 Å². The number of hydrogen-bond donors (Lipinski definition) is 3. The second-order valence-electron chi connectivity index (χ2n) is 7.67. The summed E-state index contributed by atoms with van der Waals surface area (Å²) in [7, 11) is 1.00. The molecular weight excluding hydrogens is 427 g/mol. The van der Waals surface area contributed by atoms with Crippen molar-refractivity contribution in [2.45, 2.75) is 25.5 Å². The van der Waals surface area contributed by atoms with E-state index in [-0.39, 0.29) is 29.3 Å². The van der Waals surface area contributed by atoms with Crippen molar-refractivity contribution in [2.24, 2.45) is 0 Å². The summed E-state index contributed by atoms with van der Waals surface area (Å²) in [5.41, 5.74) is 1.86.